The number of aliphatic hydroxyl groups excluding tert-OH is 1. The highest BCUT2D eigenvalue weighted by Gasteiger charge is 2.41. The molecule has 3 aromatic rings. The van der Waals surface area contributed by atoms with Crippen molar-refractivity contribution in [2.75, 3.05) is 31.7 Å². The number of nitrogens with one attached hydrogen (secondary N) is 5. The zero-order valence-corrected chi connectivity index (χ0v) is 42.8. The largest absolute Gasteiger partial charge is 0.467 e. The molecule has 386 valence electrons. The molecule has 1 fully saturated rings. The van der Waals surface area contributed by atoms with Crippen LogP contribution in [0.15, 0.2) is 91.0 Å². The molecule has 7 atom stereocenters. The first kappa shape index (κ1) is 57.0. The van der Waals surface area contributed by atoms with E-state index in [0.29, 0.717) is 44.2 Å². The van der Waals surface area contributed by atoms with Gasteiger partial charge in [0.15, 0.2) is 0 Å². The molecule has 6 N–H and O–H groups in total. The molecule has 1 aliphatic rings. The standard InChI is InChI=1S/C52H71N7O11S/c1-9-10-11-18-24-43(51(66)59-26-19-25-44(59)52(67)70-7)58(6)50(65)35(5)54-49(64)42(27-33(2)3)55-46(61)32-45(60)41(28-36-20-14-12-15-21-36)56-48(63)39-29-38(30-40(31-39)57-71(8,68)69)47(62)53-34(4)37-22-16-13-17-23-37/h9-10,12-17,20-23,29-31,33-35,41-45,57,60H,11,18-19,24-28,32H2,1-8H3,(H,53,62)(H,54,64)(H,55,61)(H,56,63)/b10-9-/t34-,35+,41+,42+,43-,44+,45+/m1/s1. The van der Waals surface area contributed by atoms with E-state index in [0.717, 1.165) is 11.8 Å². The average Bonchev–Trinajstić information content (AvgIpc) is 3.83. The molecule has 0 saturated carbocycles. The van der Waals surface area contributed by atoms with Gasteiger partial charge in [0.05, 0.1) is 43.7 Å². The highest BCUT2D eigenvalue weighted by atomic mass is 32.2. The number of unbranched alkanes of at least 4 members (excludes halogenated alkanes) is 1. The van der Waals surface area contributed by atoms with Gasteiger partial charge in [0.2, 0.25) is 33.7 Å². The number of rotatable bonds is 25. The van der Waals surface area contributed by atoms with Crippen LogP contribution in [0.3, 0.4) is 0 Å². The number of benzene rings is 3. The van der Waals surface area contributed by atoms with Crippen LogP contribution in [-0.4, -0.2) is 128 Å². The van der Waals surface area contributed by atoms with E-state index in [1.165, 1.54) is 49.1 Å². The number of likely N-dealkylation sites (tertiary alicyclic amines) is 1. The molecular weight excluding hydrogens is 931 g/mol. The number of likely N-dealkylation sites (N-methyl/N-ethyl adjacent to an activating group) is 1. The summed E-state index contributed by atoms with van der Waals surface area (Å²) in [7, 11) is -1.10. The van der Waals surface area contributed by atoms with E-state index >= 15 is 0 Å². The Morgan fingerprint density at radius 2 is 1.49 bits per heavy atom. The van der Waals surface area contributed by atoms with Crippen LogP contribution in [0.5, 0.6) is 0 Å². The summed E-state index contributed by atoms with van der Waals surface area (Å²) in [5.41, 5.74) is 1.33. The lowest BCUT2D eigenvalue weighted by molar-refractivity contribution is -0.154. The number of esters is 1. The van der Waals surface area contributed by atoms with Gasteiger partial charge in [-0.1, -0.05) is 86.7 Å². The number of hydrogen-bond acceptors (Lipinski definition) is 11. The lowest BCUT2D eigenvalue weighted by Crippen LogP contribution is -2.57. The number of carbonyl (C=O) groups is 7. The predicted octanol–water partition coefficient (Wildman–Crippen LogP) is 4.41. The number of sulfonamides is 1. The van der Waals surface area contributed by atoms with Crippen molar-refractivity contribution in [2.24, 2.45) is 5.92 Å². The highest BCUT2D eigenvalue weighted by molar-refractivity contribution is 7.92. The van der Waals surface area contributed by atoms with E-state index in [9.17, 15) is 47.1 Å². The SMILES string of the molecule is C/C=C\CCC[C@H](C(=O)N1CCC[C@H]1C(=O)OC)N(C)C(=O)[C@H](C)NC(=O)[C@H](CC(C)C)NC(=O)C[C@H](O)[C@H](Cc1ccccc1)NC(=O)c1cc(NS(C)(=O)=O)cc(C(=O)N[C@H](C)c2ccccc2)c1. The molecule has 4 rings (SSSR count). The normalized spacial score (nSPS) is 16.2. The van der Waals surface area contributed by atoms with E-state index in [4.69, 9.17) is 4.74 Å². The van der Waals surface area contributed by atoms with Crippen LogP contribution in [0.4, 0.5) is 5.69 Å². The summed E-state index contributed by atoms with van der Waals surface area (Å²) in [4.78, 5) is 98.6. The van der Waals surface area contributed by atoms with E-state index in [1.54, 1.807) is 37.3 Å². The van der Waals surface area contributed by atoms with Gasteiger partial charge in [-0.2, -0.15) is 0 Å². The number of amides is 6. The molecule has 19 heteroatoms. The Balaban J connectivity index is 1.52. The molecule has 6 amide bonds. The highest BCUT2D eigenvalue weighted by Crippen LogP contribution is 2.24. The van der Waals surface area contributed by atoms with Gasteiger partial charge in [-0.15, -0.1) is 0 Å². The van der Waals surface area contributed by atoms with Gasteiger partial charge in [0, 0.05) is 24.7 Å². The Morgan fingerprint density at radius 1 is 0.873 bits per heavy atom. The molecule has 0 spiro atoms. The second-order valence-electron chi connectivity index (χ2n) is 18.5. The first-order chi connectivity index (χ1) is 33.6. The number of carbonyl (C=O) groups excluding carboxylic acids is 7. The number of hydrogen-bond donors (Lipinski definition) is 6. The minimum absolute atomic E-state index is 0.0208. The van der Waals surface area contributed by atoms with Crippen molar-refractivity contribution in [3.63, 3.8) is 0 Å². The third-order valence-electron chi connectivity index (χ3n) is 12.2. The van der Waals surface area contributed by atoms with Crippen molar-refractivity contribution in [1.82, 2.24) is 31.1 Å². The second kappa shape index (κ2) is 27.1. The molecule has 1 aliphatic heterocycles. The average molecular weight is 1000 g/mol. The Labute approximate surface area is 417 Å². The van der Waals surface area contributed by atoms with Crippen LogP contribution >= 0.6 is 0 Å². The summed E-state index contributed by atoms with van der Waals surface area (Å²) >= 11 is 0. The fourth-order valence-electron chi connectivity index (χ4n) is 8.48. The molecule has 0 radical (unpaired) electrons. The lowest BCUT2D eigenvalue weighted by atomic mass is 9.97. The number of ether oxygens (including phenoxy) is 1. The van der Waals surface area contributed by atoms with Gasteiger partial charge in [-0.05, 0) is 101 Å². The molecule has 3 aromatic carbocycles. The summed E-state index contributed by atoms with van der Waals surface area (Å²) in [5.74, 6) is -4.36. The summed E-state index contributed by atoms with van der Waals surface area (Å²) in [6.45, 7) is 9.16. The minimum Gasteiger partial charge on any atom is -0.467 e. The van der Waals surface area contributed by atoms with E-state index in [-0.39, 0.29) is 35.6 Å². The first-order valence-electron chi connectivity index (χ1n) is 24.0. The van der Waals surface area contributed by atoms with E-state index in [1.807, 2.05) is 63.3 Å². The van der Waals surface area contributed by atoms with Gasteiger partial charge >= 0.3 is 5.97 Å². The van der Waals surface area contributed by atoms with Crippen molar-refractivity contribution < 1.29 is 51.8 Å². The number of nitrogens with zero attached hydrogens (tertiary/aromatic N) is 2. The molecule has 1 heterocycles. The zero-order chi connectivity index (χ0) is 52.4. The third kappa shape index (κ3) is 17.6. The zero-order valence-electron chi connectivity index (χ0n) is 42.0. The maximum absolute atomic E-state index is 14.1. The summed E-state index contributed by atoms with van der Waals surface area (Å²) in [6.07, 6.45) is 5.46. The smallest absolute Gasteiger partial charge is 0.328 e. The van der Waals surface area contributed by atoms with Gasteiger partial charge in [0.1, 0.15) is 24.2 Å². The molecule has 18 nitrogen and oxygen atoms in total. The molecule has 0 aliphatic carbocycles. The van der Waals surface area contributed by atoms with Crippen molar-refractivity contribution in [1.29, 1.82) is 0 Å². The molecule has 0 unspecified atom stereocenters. The lowest BCUT2D eigenvalue weighted by Gasteiger charge is -2.34. The van der Waals surface area contributed by atoms with Crippen LogP contribution in [-0.2, 0) is 45.2 Å². The molecular formula is C52H71N7O11S. The predicted molar refractivity (Wildman–Crippen MR) is 270 cm³/mol. The molecule has 71 heavy (non-hydrogen) atoms. The van der Waals surface area contributed by atoms with Gasteiger partial charge in [-0.25, -0.2) is 13.2 Å². The number of allylic oxidation sites excluding steroid dienone is 2. The first-order valence-corrected chi connectivity index (χ1v) is 25.9. The van der Waals surface area contributed by atoms with Gasteiger partial charge in [-0.3, -0.25) is 33.5 Å². The molecule has 1 saturated heterocycles. The Bertz CT molecular complexity index is 2450. The third-order valence-corrected chi connectivity index (χ3v) is 12.8. The maximum Gasteiger partial charge on any atom is 0.328 e. The van der Waals surface area contributed by atoms with Crippen LogP contribution in [0.1, 0.15) is 117 Å². The second-order valence-corrected chi connectivity index (χ2v) is 20.2. The van der Waals surface area contributed by atoms with E-state index < -0.39 is 100 Å². The van der Waals surface area contributed by atoms with Crippen molar-refractivity contribution in [3.8, 4) is 0 Å². The van der Waals surface area contributed by atoms with E-state index in [2.05, 4.69) is 26.0 Å². The summed E-state index contributed by atoms with van der Waals surface area (Å²) in [6, 6.07) is 16.3. The van der Waals surface area contributed by atoms with Gasteiger partial charge in [0.25, 0.3) is 11.8 Å². The summed E-state index contributed by atoms with van der Waals surface area (Å²) in [5, 5.41) is 22.7. The Morgan fingerprint density at radius 3 is 2.08 bits per heavy atom. The molecule has 0 aromatic heterocycles. The maximum atomic E-state index is 14.1. The summed E-state index contributed by atoms with van der Waals surface area (Å²) < 4.78 is 31.9. The van der Waals surface area contributed by atoms with Crippen LogP contribution < -0.4 is 26.0 Å². The van der Waals surface area contributed by atoms with Crippen LogP contribution in [0.2, 0.25) is 0 Å². The van der Waals surface area contributed by atoms with Crippen molar-refractivity contribution in [3.05, 3.63) is 113 Å². The monoisotopic (exact) mass is 1000 g/mol. The molecule has 0 bridgehead atoms. The Kier molecular flexibility index (Phi) is 21.8. The Hall–Kier alpha value is -6.60. The van der Waals surface area contributed by atoms with Crippen LogP contribution in [0.25, 0.3) is 0 Å². The number of anilines is 1. The van der Waals surface area contributed by atoms with Gasteiger partial charge < -0.3 is 40.9 Å². The quantitative estimate of drug-likeness (QED) is 0.0394. The minimum atomic E-state index is -3.85. The number of aliphatic hydroxyl groups is 1. The van der Waals surface area contributed by atoms with Crippen LogP contribution in [0, 0.1) is 5.92 Å². The fourth-order valence-corrected chi connectivity index (χ4v) is 9.02. The van der Waals surface area contributed by atoms with Crippen molar-refractivity contribution >= 4 is 57.1 Å². The van der Waals surface area contributed by atoms with Crippen molar-refractivity contribution in [2.45, 2.75) is 128 Å². The number of methoxy groups -OCH3 is 1. The topological polar surface area (TPSA) is 250 Å². The fraction of sp³-hybridized carbons (Fsp3) is 0.481.